The number of piperidine rings is 1. The Morgan fingerprint density at radius 3 is 2.72 bits per heavy atom. The van der Waals surface area contributed by atoms with Crippen molar-refractivity contribution in [3.8, 4) is 0 Å². The van der Waals surface area contributed by atoms with Gasteiger partial charge in [0, 0.05) is 31.3 Å². The van der Waals surface area contributed by atoms with E-state index < -0.39 is 0 Å². The normalized spacial score (nSPS) is 24.2. The van der Waals surface area contributed by atoms with Crippen LogP contribution in [-0.2, 0) is 4.74 Å². The fourth-order valence-corrected chi connectivity index (χ4v) is 2.42. The van der Waals surface area contributed by atoms with Gasteiger partial charge in [-0.15, -0.1) is 0 Å². The van der Waals surface area contributed by atoms with Gasteiger partial charge in [0.2, 0.25) is 0 Å². The lowest BCUT2D eigenvalue weighted by Crippen LogP contribution is -2.51. The van der Waals surface area contributed by atoms with Crippen LogP contribution in [0.5, 0.6) is 0 Å². The van der Waals surface area contributed by atoms with Crippen molar-refractivity contribution in [2.45, 2.75) is 71.6 Å². The smallest absolute Gasteiger partial charge is 0.0702 e. The first-order valence-electron chi connectivity index (χ1n) is 7.59. The first-order valence-corrected chi connectivity index (χ1v) is 7.59. The molecule has 3 heteroatoms. The molecule has 0 spiro atoms. The van der Waals surface area contributed by atoms with E-state index in [2.05, 4.69) is 44.8 Å². The highest BCUT2D eigenvalue weighted by Crippen LogP contribution is 2.16. The van der Waals surface area contributed by atoms with Crippen LogP contribution in [0.1, 0.15) is 53.9 Å². The number of likely N-dealkylation sites (tertiary alicyclic amines) is 1. The summed E-state index contributed by atoms with van der Waals surface area (Å²) in [6.07, 6.45) is 4.11. The minimum Gasteiger partial charge on any atom is -0.377 e. The van der Waals surface area contributed by atoms with E-state index in [0.29, 0.717) is 12.1 Å². The summed E-state index contributed by atoms with van der Waals surface area (Å²) >= 11 is 0. The van der Waals surface area contributed by atoms with Crippen LogP contribution in [0.15, 0.2) is 0 Å². The molecule has 108 valence electrons. The van der Waals surface area contributed by atoms with Crippen LogP contribution in [-0.4, -0.2) is 48.8 Å². The average Bonchev–Trinajstić information content (AvgIpc) is 2.37. The van der Waals surface area contributed by atoms with Crippen molar-refractivity contribution in [1.82, 2.24) is 10.2 Å². The summed E-state index contributed by atoms with van der Waals surface area (Å²) in [5.74, 6) is 0. The number of nitrogens with zero attached hydrogens (tertiary/aromatic N) is 1. The van der Waals surface area contributed by atoms with Crippen molar-refractivity contribution in [2.24, 2.45) is 0 Å². The van der Waals surface area contributed by atoms with Crippen LogP contribution in [0.3, 0.4) is 0 Å². The number of nitrogens with one attached hydrogen (secondary N) is 1. The van der Waals surface area contributed by atoms with Crippen LogP contribution >= 0.6 is 0 Å². The van der Waals surface area contributed by atoms with Crippen LogP contribution in [0.2, 0.25) is 0 Å². The lowest BCUT2D eigenvalue weighted by molar-refractivity contribution is -0.00556. The Labute approximate surface area is 113 Å². The molecule has 1 rings (SSSR count). The standard InChI is InChI=1S/C15H32N2O/c1-6-15(4,5)16-11-13(3)17-10-8-9-14(12-17)18-7-2/h13-14,16H,6-12H2,1-5H3. The number of hydrogen-bond acceptors (Lipinski definition) is 3. The van der Waals surface area contributed by atoms with Gasteiger partial charge in [-0.1, -0.05) is 6.92 Å². The van der Waals surface area contributed by atoms with E-state index >= 15 is 0 Å². The Balaban J connectivity index is 2.34. The quantitative estimate of drug-likeness (QED) is 0.758. The molecular weight excluding hydrogens is 224 g/mol. The molecule has 1 saturated heterocycles. The first-order chi connectivity index (χ1) is 8.48. The third kappa shape index (κ3) is 5.25. The molecule has 3 nitrogen and oxygen atoms in total. The second-order valence-corrected chi connectivity index (χ2v) is 6.18. The molecule has 0 aliphatic carbocycles. The Kier molecular flexibility index (Phi) is 6.61. The predicted octanol–water partition coefficient (Wildman–Crippen LogP) is 2.65. The average molecular weight is 256 g/mol. The van der Waals surface area contributed by atoms with Crippen LogP contribution < -0.4 is 5.32 Å². The molecule has 2 unspecified atom stereocenters. The monoisotopic (exact) mass is 256 g/mol. The number of hydrogen-bond donors (Lipinski definition) is 1. The highest BCUT2D eigenvalue weighted by atomic mass is 16.5. The summed E-state index contributed by atoms with van der Waals surface area (Å²) in [6, 6.07) is 0.596. The molecule has 0 amide bonds. The van der Waals surface area contributed by atoms with Gasteiger partial charge in [-0.25, -0.2) is 0 Å². The van der Waals surface area contributed by atoms with E-state index in [4.69, 9.17) is 4.74 Å². The summed E-state index contributed by atoms with van der Waals surface area (Å²) in [7, 11) is 0. The molecule has 1 fully saturated rings. The number of ether oxygens (including phenoxy) is 1. The van der Waals surface area contributed by atoms with Gasteiger partial charge in [0.15, 0.2) is 0 Å². The summed E-state index contributed by atoms with van der Waals surface area (Å²) in [5, 5.41) is 3.67. The molecule has 0 aromatic carbocycles. The topological polar surface area (TPSA) is 24.5 Å². The minimum absolute atomic E-state index is 0.253. The Hall–Kier alpha value is -0.120. The molecule has 2 atom stereocenters. The second-order valence-electron chi connectivity index (χ2n) is 6.18. The zero-order valence-corrected chi connectivity index (χ0v) is 13.0. The minimum atomic E-state index is 0.253. The Morgan fingerprint density at radius 1 is 1.39 bits per heavy atom. The zero-order valence-electron chi connectivity index (χ0n) is 13.0. The van der Waals surface area contributed by atoms with E-state index in [1.807, 2.05) is 0 Å². The highest BCUT2D eigenvalue weighted by Gasteiger charge is 2.24. The Bertz CT molecular complexity index is 229. The van der Waals surface area contributed by atoms with Gasteiger partial charge in [-0.3, -0.25) is 4.90 Å². The molecular formula is C15H32N2O. The van der Waals surface area contributed by atoms with Crippen molar-refractivity contribution in [2.75, 3.05) is 26.2 Å². The van der Waals surface area contributed by atoms with Gasteiger partial charge in [-0.2, -0.15) is 0 Å². The summed E-state index contributed by atoms with van der Waals surface area (Å²) in [4.78, 5) is 2.57. The van der Waals surface area contributed by atoms with Crippen LogP contribution in [0.4, 0.5) is 0 Å². The summed E-state index contributed by atoms with van der Waals surface area (Å²) < 4.78 is 5.77. The van der Waals surface area contributed by atoms with E-state index in [9.17, 15) is 0 Å². The van der Waals surface area contributed by atoms with E-state index in [-0.39, 0.29) is 5.54 Å². The summed E-state index contributed by atoms with van der Waals surface area (Å²) in [5.41, 5.74) is 0.253. The fourth-order valence-electron chi connectivity index (χ4n) is 2.42. The molecule has 0 saturated carbocycles. The second kappa shape index (κ2) is 7.46. The molecule has 0 aromatic rings. The van der Waals surface area contributed by atoms with Gasteiger partial charge in [0.05, 0.1) is 6.10 Å². The van der Waals surface area contributed by atoms with Gasteiger partial charge >= 0.3 is 0 Å². The molecule has 1 N–H and O–H groups in total. The van der Waals surface area contributed by atoms with Crippen molar-refractivity contribution < 1.29 is 4.74 Å². The third-order valence-corrected chi connectivity index (χ3v) is 4.20. The Morgan fingerprint density at radius 2 is 2.11 bits per heavy atom. The van der Waals surface area contributed by atoms with Crippen LogP contribution in [0.25, 0.3) is 0 Å². The maximum Gasteiger partial charge on any atom is 0.0702 e. The molecule has 1 heterocycles. The molecule has 0 radical (unpaired) electrons. The van der Waals surface area contributed by atoms with Crippen molar-refractivity contribution in [3.05, 3.63) is 0 Å². The van der Waals surface area contributed by atoms with Crippen molar-refractivity contribution in [3.63, 3.8) is 0 Å². The van der Waals surface area contributed by atoms with E-state index in [0.717, 1.165) is 19.7 Å². The van der Waals surface area contributed by atoms with Gasteiger partial charge < -0.3 is 10.1 Å². The van der Waals surface area contributed by atoms with E-state index in [1.54, 1.807) is 0 Å². The zero-order chi connectivity index (χ0) is 13.6. The molecule has 1 aliphatic rings. The SMILES string of the molecule is CCOC1CCCN(C(C)CNC(C)(C)CC)C1. The summed E-state index contributed by atoms with van der Waals surface area (Å²) in [6.45, 7) is 15.4. The molecule has 18 heavy (non-hydrogen) atoms. The van der Waals surface area contributed by atoms with Crippen molar-refractivity contribution in [1.29, 1.82) is 0 Å². The lowest BCUT2D eigenvalue weighted by Gasteiger charge is -2.38. The van der Waals surface area contributed by atoms with Gasteiger partial charge in [0.1, 0.15) is 0 Å². The number of rotatable bonds is 7. The molecule has 1 aliphatic heterocycles. The van der Waals surface area contributed by atoms with Gasteiger partial charge in [0.25, 0.3) is 0 Å². The first kappa shape index (κ1) is 15.9. The lowest BCUT2D eigenvalue weighted by atomic mass is 10.0. The maximum absolute atomic E-state index is 5.77. The fraction of sp³-hybridized carbons (Fsp3) is 1.00. The third-order valence-electron chi connectivity index (χ3n) is 4.20. The highest BCUT2D eigenvalue weighted by molar-refractivity contribution is 4.82. The van der Waals surface area contributed by atoms with Gasteiger partial charge in [-0.05, 0) is 53.5 Å². The van der Waals surface area contributed by atoms with Crippen LogP contribution in [0, 0.1) is 0 Å². The largest absolute Gasteiger partial charge is 0.377 e. The predicted molar refractivity (Wildman–Crippen MR) is 78.1 cm³/mol. The van der Waals surface area contributed by atoms with E-state index in [1.165, 1.54) is 25.8 Å². The van der Waals surface area contributed by atoms with Crippen molar-refractivity contribution >= 4 is 0 Å². The molecule has 0 bridgehead atoms. The molecule has 0 aromatic heterocycles. The maximum atomic E-state index is 5.77.